The molecule has 3 N–H and O–H groups in total. The van der Waals surface area contributed by atoms with E-state index in [9.17, 15) is 14.7 Å². The summed E-state index contributed by atoms with van der Waals surface area (Å²) in [6, 6.07) is 4.42. The quantitative estimate of drug-likeness (QED) is 0.532. The fourth-order valence-corrected chi connectivity index (χ4v) is 1.29. The third-order valence-electron chi connectivity index (χ3n) is 2.08. The van der Waals surface area contributed by atoms with E-state index in [0.717, 1.165) is 0 Å². The molecule has 92 valence electrons. The third kappa shape index (κ3) is 3.79. The zero-order chi connectivity index (χ0) is 13.0. The van der Waals surface area contributed by atoms with Crippen molar-refractivity contribution >= 4 is 17.5 Å². The molecule has 5 heteroatoms. The number of aryl methyl sites for hydroxylation is 1. The summed E-state index contributed by atoms with van der Waals surface area (Å²) in [5.74, 6) is -1.27. The minimum absolute atomic E-state index is 0.0887. The van der Waals surface area contributed by atoms with Crippen LogP contribution in [0.4, 0.5) is 5.69 Å². The van der Waals surface area contributed by atoms with E-state index in [2.05, 4.69) is 10.6 Å². The number of phenolic OH excluding ortho intramolecular Hbond substituents is 1. The summed E-state index contributed by atoms with van der Waals surface area (Å²) in [6.07, 6.45) is 0. The summed E-state index contributed by atoms with van der Waals surface area (Å²) in [7, 11) is 0. The summed E-state index contributed by atoms with van der Waals surface area (Å²) in [4.78, 5) is 22.9. The Bertz CT molecular complexity index is 441. The monoisotopic (exact) mass is 236 g/mol. The number of hydrogen-bond donors (Lipinski definition) is 3. The van der Waals surface area contributed by atoms with Crippen molar-refractivity contribution < 1.29 is 14.7 Å². The van der Waals surface area contributed by atoms with Crippen LogP contribution in [0.2, 0.25) is 0 Å². The van der Waals surface area contributed by atoms with Gasteiger partial charge in [-0.25, -0.2) is 0 Å². The molecule has 1 rings (SSSR count). The van der Waals surface area contributed by atoms with E-state index in [1.807, 2.05) is 0 Å². The molecular formula is C12H16N2O3. The maximum absolute atomic E-state index is 11.5. The average Bonchev–Trinajstić information content (AvgIpc) is 2.21. The first kappa shape index (κ1) is 13.0. The standard InChI is InChI=1S/C12H16N2O3/c1-7(2)13-11(16)12(17)14-10-5-4-9(15)6-8(10)3/h4-7,15H,1-3H3,(H,13,16)(H,14,17). The highest BCUT2D eigenvalue weighted by atomic mass is 16.3. The SMILES string of the molecule is Cc1cc(O)ccc1NC(=O)C(=O)NC(C)C. The van der Waals surface area contributed by atoms with Gasteiger partial charge in [-0.2, -0.15) is 0 Å². The number of aromatic hydroxyl groups is 1. The van der Waals surface area contributed by atoms with Crippen LogP contribution < -0.4 is 10.6 Å². The molecule has 0 saturated heterocycles. The van der Waals surface area contributed by atoms with Crippen LogP contribution in [-0.2, 0) is 9.59 Å². The normalized spacial score (nSPS) is 10.1. The van der Waals surface area contributed by atoms with E-state index in [4.69, 9.17) is 0 Å². The Morgan fingerprint density at radius 2 is 1.88 bits per heavy atom. The molecule has 0 spiro atoms. The number of amides is 2. The predicted molar refractivity (Wildman–Crippen MR) is 64.8 cm³/mol. The molecule has 0 unspecified atom stereocenters. The number of anilines is 1. The number of hydrogen-bond acceptors (Lipinski definition) is 3. The lowest BCUT2D eigenvalue weighted by molar-refractivity contribution is -0.136. The maximum Gasteiger partial charge on any atom is 0.313 e. The first-order chi connectivity index (χ1) is 7.90. The topological polar surface area (TPSA) is 78.4 Å². The molecule has 0 aliphatic heterocycles. The van der Waals surface area contributed by atoms with Crippen molar-refractivity contribution in [1.29, 1.82) is 0 Å². The molecule has 0 radical (unpaired) electrons. The number of phenols is 1. The van der Waals surface area contributed by atoms with Gasteiger partial charge >= 0.3 is 11.8 Å². The van der Waals surface area contributed by atoms with Gasteiger partial charge in [0.15, 0.2) is 0 Å². The summed E-state index contributed by atoms with van der Waals surface area (Å²) >= 11 is 0. The highest BCUT2D eigenvalue weighted by Crippen LogP contribution is 2.19. The lowest BCUT2D eigenvalue weighted by Crippen LogP contribution is -2.39. The van der Waals surface area contributed by atoms with Crippen LogP contribution in [0, 0.1) is 6.92 Å². The predicted octanol–water partition coefficient (Wildman–Crippen LogP) is 1.16. The first-order valence-corrected chi connectivity index (χ1v) is 5.31. The minimum atomic E-state index is -0.715. The fourth-order valence-electron chi connectivity index (χ4n) is 1.29. The molecule has 17 heavy (non-hydrogen) atoms. The Kier molecular flexibility index (Phi) is 4.09. The molecular weight excluding hydrogens is 220 g/mol. The number of benzene rings is 1. The molecule has 2 amide bonds. The number of rotatable bonds is 2. The largest absolute Gasteiger partial charge is 0.508 e. The fraction of sp³-hybridized carbons (Fsp3) is 0.333. The van der Waals surface area contributed by atoms with Gasteiger partial charge in [0.05, 0.1) is 0 Å². The van der Waals surface area contributed by atoms with Crippen molar-refractivity contribution in [3.8, 4) is 5.75 Å². The Hall–Kier alpha value is -2.04. The second-order valence-corrected chi connectivity index (χ2v) is 4.08. The molecule has 0 fully saturated rings. The second kappa shape index (κ2) is 5.34. The van der Waals surface area contributed by atoms with Crippen molar-refractivity contribution in [3.05, 3.63) is 23.8 Å². The first-order valence-electron chi connectivity index (χ1n) is 5.31. The molecule has 0 bridgehead atoms. The Labute approximate surface area is 99.8 Å². The van der Waals surface area contributed by atoms with Gasteiger partial charge in [0.25, 0.3) is 0 Å². The number of nitrogens with one attached hydrogen (secondary N) is 2. The van der Waals surface area contributed by atoms with Gasteiger partial charge in [0, 0.05) is 11.7 Å². The molecule has 0 aliphatic rings. The zero-order valence-corrected chi connectivity index (χ0v) is 10.1. The molecule has 0 aliphatic carbocycles. The molecule has 5 nitrogen and oxygen atoms in total. The molecule has 0 aromatic heterocycles. The van der Waals surface area contributed by atoms with Crippen LogP contribution in [0.1, 0.15) is 19.4 Å². The zero-order valence-electron chi connectivity index (χ0n) is 10.1. The van der Waals surface area contributed by atoms with Gasteiger partial charge in [-0.3, -0.25) is 9.59 Å². The Morgan fingerprint density at radius 3 is 2.41 bits per heavy atom. The van der Waals surface area contributed by atoms with Crippen LogP contribution in [0.3, 0.4) is 0 Å². The van der Waals surface area contributed by atoms with E-state index in [-0.39, 0.29) is 11.8 Å². The van der Waals surface area contributed by atoms with E-state index >= 15 is 0 Å². The third-order valence-corrected chi connectivity index (χ3v) is 2.08. The molecule has 1 aromatic rings. The highest BCUT2D eigenvalue weighted by Gasteiger charge is 2.15. The highest BCUT2D eigenvalue weighted by molar-refractivity contribution is 6.39. The summed E-state index contributed by atoms with van der Waals surface area (Å²) in [5, 5.41) is 14.2. The minimum Gasteiger partial charge on any atom is -0.508 e. The van der Waals surface area contributed by atoms with Gasteiger partial charge in [-0.1, -0.05) is 0 Å². The van der Waals surface area contributed by atoms with Crippen molar-refractivity contribution in [2.24, 2.45) is 0 Å². The van der Waals surface area contributed by atoms with Gasteiger partial charge in [-0.05, 0) is 44.5 Å². The van der Waals surface area contributed by atoms with Gasteiger partial charge in [-0.15, -0.1) is 0 Å². The Morgan fingerprint density at radius 1 is 1.24 bits per heavy atom. The van der Waals surface area contributed by atoms with Crippen molar-refractivity contribution in [2.75, 3.05) is 5.32 Å². The average molecular weight is 236 g/mol. The lowest BCUT2D eigenvalue weighted by Gasteiger charge is -2.10. The molecule has 0 saturated carbocycles. The smallest absolute Gasteiger partial charge is 0.313 e. The van der Waals surface area contributed by atoms with Crippen LogP contribution in [-0.4, -0.2) is 23.0 Å². The lowest BCUT2D eigenvalue weighted by atomic mass is 10.2. The summed E-state index contributed by atoms with van der Waals surface area (Å²) in [6.45, 7) is 5.28. The molecule has 0 heterocycles. The van der Waals surface area contributed by atoms with Gasteiger partial charge in [0.1, 0.15) is 5.75 Å². The van der Waals surface area contributed by atoms with E-state index in [0.29, 0.717) is 11.3 Å². The number of carbonyl (C=O) groups is 2. The number of carbonyl (C=O) groups excluding carboxylic acids is 2. The summed E-state index contributed by atoms with van der Waals surface area (Å²) < 4.78 is 0. The van der Waals surface area contributed by atoms with E-state index in [1.165, 1.54) is 12.1 Å². The molecule has 0 atom stereocenters. The van der Waals surface area contributed by atoms with Crippen LogP contribution in [0.5, 0.6) is 5.75 Å². The van der Waals surface area contributed by atoms with Crippen LogP contribution in [0.15, 0.2) is 18.2 Å². The van der Waals surface area contributed by atoms with E-state index < -0.39 is 11.8 Å². The van der Waals surface area contributed by atoms with Crippen LogP contribution in [0.25, 0.3) is 0 Å². The maximum atomic E-state index is 11.5. The summed E-state index contributed by atoms with van der Waals surface area (Å²) in [5.41, 5.74) is 1.20. The Balaban J connectivity index is 2.71. The van der Waals surface area contributed by atoms with Crippen molar-refractivity contribution in [2.45, 2.75) is 26.8 Å². The van der Waals surface area contributed by atoms with Crippen molar-refractivity contribution in [3.63, 3.8) is 0 Å². The second-order valence-electron chi connectivity index (χ2n) is 4.08. The molecule has 1 aromatic carbocycles. The van der Waals surface area contributed by atoms with Crippen molar-refractivity contribution in [1.82, 2.24) is 5.32 Å². The van der Waals surface area contributed by atoms with Crippen LogP contribution >= 0.6 is 0 Å². The van der Waals surface area contributed by atoms with E-state index in [1.54, 1.807) is 26.8 Å². The van der Waals surface area contributed by atoms with Gasteiger partial charge < -0.3 is 15.7 Å². The van der Waals surface area contributed by atoms with Gasteiger partial charge in [0.2, 0.25) is 0 Å².